The number of hydrogen-bond donors (Lipinski definition) is 1. The van der Waals surface area contributed by atoms with Crippen molar-refractivity contribution in [2.45, 2.75) is 39.3 Å². The standard InChI is InChI=1S/C29H32Cl2N2O3/c1-19-5-10-27-22(14-19)4-3-11-33(27)29(32)23(18-34)17-21-6-8-24(9-7-21)35-12-13-36-28-25(30)15-20(2)16-26(28)31/h5-10,14-16,18,23,29H,3-4,11-13,17,32H2,1-2H3. The highest BCUT2D eigenvalue weighted by Gasteiger charge is 2.28. The highest BCUT2D eigenvalue weighted by molar-refractivity contribution is 6.37. The van der Waals surface area contributed by atoms with Crippen molar-refractivity contribution >= 4 is 35.2 Å². The number of anilines is 1. The van der Waals surface area contributed by atoms with Gasteiger partial charge in [0.2, 0.25) is 0 Å². The molecule has 0 saturated heterocycles. The molecular weight excluding hydrogens is 495 g/mol. The van der Waals surface area contributed by atoms with E-state index in [1.54, 1.807) is 0 Å². The number of rotatable bonds is 10. The molecule has 190 valence electrons. The Bertz CT molecular complexity index is 1180. The first-order valence-electron chi connectivity index (χ1n) is 12.2. The fourth-order valence-electron chi connectivity index (χ4n) is 4.67. The number of hydrogen-bond acceptors (Lipinski definition) is 5. The van der Waals surface area contributed by atoms with E-state index in [0.29, 0.717) is 35.4 Å². The van der Waals surface area contributed by atoms with Gasteiger partial charge in [0.25, 0.3) is 0 Å². The number of aryl methyl sites for hydroxylation is 3. The van der Waals surface area contributed by atoms with Crippen molar-refractivity contribution < 1.29 is 14.3 Å². The molecule has 3 aromatic carbocycles. The van der Waals surface area contributed by atoms with Gasteiger partial charge >= 0.3 is 0 Å². The summed E-state index contributed by atoms with van der Waals surface area (Å²) < 4.78 is 11.5. The first kappa shape index (κ1) is 26.3. The summed E-state index contributed by atoms with van der Waals surface area (Å²) in [6, 6.07) is 17.8. The van der Waals surface area contributed by atoms with Crippen LogP contribution in [0.15, 0.2) is 54.6 Å². The van der Waals surface area contributed by atoms with Crippen LogP contribution in [0.4, 0.5) is 5.69 Å². The Morgan fingerprint density at radius 1 is 0.972 bits per heavy atom. The molecule has 0 amide bonds. The van der Waals surface area contributed by atoms with E-state index in [1.165, 1.54) is 11.1 Å². The molecule has 0 bridgehead atoms. The van der Waals surface area contributed by atoms with Crippen LogP contribution in [0.5, 0.6) is 11.5 Å². The molecule has 3 aromatic rings. The van der Waals surface area contributed by atoms with Crippen LogP contribution in [0.2, 0.25) is 10.0 Å². The van der Waals surface area contributed by atoms with Crippen molar-refractivity contribution in [3.63, 3.8) is 0 Å². The summed E-state index contributed by atoms with van der Waals surface area (Å²) >= 11 is 12.4. The fourth-order valence-corrected chi connectivity index (χ4v) is 5.37. The predicted molar refractivity (Wildman–Crippen MR) is 147 cm³/mol. The van der Waals surface area contributed by atoms with Crippen LogP contribution in [-0.4, -0.2) is 32.2 Å². The number of nitrogens with zero attached hydrogens (tertiary/aromatic N) is 1. The summed E-state index contributed by atoms with van der Waals surface area (Å²) in [7, 11) is 0. The fraction of sp³-hybridized carbons (Fsp3) is 0.345. The molecule has 4 rings (SSSR count). The molecule has 5 nitrogen and oxygen atoms in total. The monoisotopic (exact) mass is 526 g/mol. The number of ether oxygens (including phenoxy) is 2. The Morgan fingerprint density at radius 2 is 1.67 bits per heavy atom. The van der Waals surface area contributed by atoms with Gasteiger partial charge in [0.05, 0.1) is 22.1 Å². The Balaban J connectivity index is 1.31. The van der Waals surface area contributed by atoms with Crippen LogP contribution in [0.3, 0.4) is 0 Å². The first-order valence-corrected chi connectivity index (χ1v) is 13.0. The van der Waals surface area contributed by atoms with E-state index >= 15 is 0 Å². The molecule has 7 heteroatoms. The summed E-state index contributed by atoms with van der Waals surface area (Å²) in [5.41, 5.74) is 12.3. The van der Waals surface area contributed by atoms with Gasteiger partial charge in [0.1, 0.15) is 25.2 Å². The molecule has 0 aromatic heterocycles. The smallest absolute Gasteiger partial charge is 0.156 e. The van der Waals surface area contributed by atoms with Crippen molar-refractivity contribution in [1.29, 1.82) is 0 Å². The molecule has 0 radical (unpaired) electrons. The van der Waals surface area contributed by atoms with Crippen LogP contribution in [0, 0.1) is 19.8 Å². The lowest BCUT2D eigenvalue weighted by Crippen LogP contribution is -2.50. The van der Waals surface area contributed by atoms with Gasteiger partial charge in [-0.25, -0.2) is 0 Å². The lowest BCUT2D eigenvalue weighted by Gasteiger charge is -2.38. The summed E-state index contributed by atoms with van der Waals surface area (Å²) in [6.45, 7) is 5.53. The molecule has 0 spiro atoms. The lowest BCUT2D eigenvalue weighted by atomic mass is 9.93. The van der Waals surface area contributed by atoms with Crippen molar-refractivity contribution in [3.05, 3.63) is 86.9 Å². The van der Waals surface area contributed by atoms with Crippen molar-refractivity contribution in [2.75, 3.05) is 24.7 Å². The second-order valence-corrected chi connectivity index (χ2v) is 10.1. The maximum absolute atomic E-state index is 12.0. The van der Waals surface area contributed by atoms with Crippen LogP contribution < -0.4 is 20.1 Å². The SMILES string of the molecule is Cc1cc(Cl)c(OCCOc2ccc(CC(C=O)C(N)N3CCCc4cc(C)ccc43)cc2)c(Cl)c1. The third-order valence-corrected chi connectivity index (χ3v) is 7.06. The zero-order valence-electron chi connectivity index (χ0n) is 20.7. The van der Waals surface area contributed by atoms with Crippen LogP contribution in [0.25, 0.3) is 0 Å². The lowest BCUT2D eigenvalue weighted by molar-refractivity contribution is -0.111. The zero-order valence-corrected chi connectivity index (χ0v) is 22.2. The van der Waals surface area contributed by atoms with Crippen LogP contribution in [0.1, 0.15) is 28.7 Å². The zero-order chi connectivity index (χ0) is 25.7. The molecule has 1 heterocycles. The minimum atomic E-state index is -0.377. The quantitative estimate of drug-likeness (QED) is 0.253. The molecule has 0 aliphatic carbocycles. The molecule has 0 fully saturated rings. The van der Waals surface area contributed by atoms with E-state index in [4.69, 9.17) is 38.4 Å². The number of benzene rings is 3. The summed E-state index contributed by atoms with van der Waals surface area (Å²) in [5, 5.41) is 0.964. The van der Waals surface area contributed by atoms with E-state index in [9.17, 15) is 4.79 Å². The normalized spacial score (nSPS) is 14.6. The second kappa shape index (κ2) is 12.0. The van der Waals surface area contributed by atoms with Gasteiger partial charge in [0.15, 0.2) is 5.75 Å². The van der Waals surface area contributed by atoms with Gasteiger partial charge in [-0.15, -0.1) is 0 Å². The molecular formula is C29H32Cl2N2O3. The molecule has 2 atom stereocenters. The highest BCUT2D eigenvalue weighted by Crippen LogP contribution is 2.34. The van der Waals surface area contributed by atoms with Crippen molar-refractivity contribution in [3.8, 4) is 11.5 Å². The summed E-state index contributed by atoms with van der Waals surface area (Å²) in [5.74, 6) is 0.864. The van der Waals surface area contributed by atoms with Gasteiger partial charge in [-0.05, 0) is 80.1 Å². The van der Waals surface area contributed by atoms with E-state index < -0.39 is 0 Å². The molecule has 0 saturated carbocycles. The van der Waals surface area contributed by atoms with Crippen LogP contribution >= 0.6 is 23.2 Å². The van der Waals surface area contributed by atoms with E-state index in [2.05, 4.69) is 30.0 Å². The van der Waals surface area contributed by atoms with Gasteiger partial charge in [0, 0.05) is 12.2 Å². The Labute approximate surface area is 223 Å². The number of carbonyl (C=O) groups is 1. The van der Waals surface area contributed by atoms with Crippen molar-refractivity contribution in [1.82, 2.24) is 0 Å². The Hall–Kier alpha value is -2.73. The largest absolute Gasteiger partial charge is 0.490 e. The minimum Gasteiger partial charge on any atom is -0.490 e. The topological polar surface area (TPSA) is 64.8 Å². The maximum atomic E-state index is 12.0. The Morgan fingerprint density at radius 3 is 2.36 bits per heavy atom. The number of nitrogens with two attached hydrogens (primary N) is 1. The summed E-state index contributed by atoms with van der Waals surface area (Å²) in [6.07, 6.45) is 3.25. The third-order valence-electron chi connectivity index (χ3n) is 6.50. The Kier molecular flexibility index (Phi) is 8.78. The van der Waals surface area contributed by atoms with E-state index in [0.717, 1.165) is 48.2 Å². The molecule has 2 N–H and O–H groups in total. The first-order chi connectivity index (χ1) is 17.4. The number of fused-ring (bicyclic) bond motifs is 1. The average Bonchev–Trinajstić information content (AvgIpc) is 2.86. The number of aldehydes is 1. The maximum Gasteiger partial charge on any atom is 0.156 e. The van der Waals surface area contributed by atoms with Gasteiger partial charge in [-0.1, -0.05) is 53.0 Å². The van der Waals surface area contributed by atoms with Gasteiger partial charge < -0.3 is 24.9 Å². The molecule has 2 unspecified atom stereocenters. The summed E-state index contributed by atoms with van der Waals surface area (Å²) in [4.78, 5) is 14.2. The minimum absolute atomic E-state index is 0.309. The van der Waals surface area contributed by atoms with Crippen LogP contribution in [-0.2, 0) is 17.6 Å². The third kappa shape index (κ3) is 6.33. The van der Waals surface area contributed by atoms with E-state index in [-0.39, 0.29) is 12.1 Å². The van der Waals surface area contributed by atoms with E-state index in [1.807, 2.05) is 43.3 Å². The second-order valence-electron chi connectivity index (χ2n) is 9.32. The van der Waals surface area contributed by atoms with Crippen molar-refractivity contribution in [2.24, 2.45) is 11.7 Å². The van der Waals surface area contributed by atoms with Gasteiger partial charge in [-0.3, -0.25) is 0 Å². The number of halogens is 2. The number of carbonyl (C=O) groups excluding carboxylic acids is 1. The van der Waals surface area contributed by atoms with Gasteiger partial charge in [-0.2, -0.15) is 0 Å². The molecule has 36 heavy (non-hydrogen) atoms. The average molecular weight is 527 g/mol. The predicted octanol–water partition coefficient (Wildman–Crippen LogP) is 6.16. The molecule has 1 aliphatic rings. The highest BCUT2D eigenvalue weighted by atomic mass is 35.5. The molecule has 1 aliphatic heterocycles.